The van der Waals surface area contributed by atoms with Gasteiger partial charge in [0.05, 0.1) is 29.3 Å². The molecule has 170 valence electrons. The number of rotatable bonds is 5. The molecule has 0 aliphatic rings. The maximum atomic E-state index is 13.7. The van der Waals surface area contributed by atoms with E-state index in [0.717, 1.165) is 11.1 Å². The number of nitrogens with zero attached hydrogens (tertiary/aromatic N) is 4. The van der Waals surface area contributed by atoms with Gasteiger partial charge in [0.2, 0.25) is 9.84 Å². The van der Waals surface area contributed by atoms with Gasteiger partial charge in [-0.3, -0.25) is 0 Å². The Bertz CT molecular complexity index is 1670. The van der Waals surface area contributed by atoms with Crippen molar-refractivity contribution in [2.24, 2.45) is 5.10 Å². The average molecular weight is 472 g/mol. The van der Waals surface area contributed by atoms with Gasteiger partial charge in [0.15, 0.2) is 5.65 Å². The van der Waals surface area contributed by atoms with Crippen LogP contribution in [0.15, 0.2) is 87.7 Å². The van der Waals surface area contributed by atoms with Crippen molar-refractivity contribution < 1.29 is 13.2 Å². The third-order valence-corrected chi connectivity index (χ3v) is 7.26. The van der Waals surface area contributed by atoms with E-state index in [2.05, 4.69) is 15.1 Å². The fourth-order valence-corrected chi connectivity index (χ4v) is 5.24. The quantitative estimate of drug-likeness (QED) is 0.385. The van der Waals surface area contributed by atoms with Gasteiger partial charge in [0.1, 0.15) is 22.0 Å². The Morgan fingerprint density at radius 1 is 0.971 bits per heavy atom. The van der Waals surface area contributed by atoms with E-state index in [4.69, 9.17) is 10.5 Å². The van der Waals surface area contributed by atoms with Gasteiger partial charge in [0.25, 0.3) is 0 Å². The molecule has 0 saturated carbocycles. The summed E-state index contributed by atoms with van der Waals surface area (Å²) in [7, 11) is -2.52. The predicted molar refractivity (Wildman–Crippen MR) is 132 cm³/mol. The molecule has 5 rings (SSSR count). The summed E-state index contributed by atoms with van der Waals surface area (Å²) in [4.78, 5) is 9.19. The Kier molecular flexibility index (Phi) is 5.25. The van der Waals surface area contributed by atoms with Crippen molar-refractivity contribution in [1.82, 2.24) is 14.6 Å². The van der Waals surface area contributed by atoms with Crippen LogP contribution in [0, 0.1) is 6.92 Å². The summed E-state index contributed by atoms with van der Waals surface area (Å²) < 4.78 is 33.8. The second-order valence-corrected chi connectivity index (χ2v) is 9.63. The van der Waals surface area contributed by atoms with E-state index < -0.39 is 9.84 Å². The van der Waals surface area contributed by atoms with E-state index in [1.54, 1.807) is 30.5 Å². The fourth-order valence-electron chi connectivity index (χ4n) is 3.75. The lowest BCUT2D eigenvalue weighted by atomic mass is 10.2. The molecule has 0 aliphatic carbocycles. The molecular formula is C25H21N5O3S. The molecular weight excluding hydrogens is 450 g/mol. The number of benzene rings is 3. The summed E-state index contributed by atoms with van der Waals surface area (Å²) >= 11 is 0. The molecule has 0 spiro atoms. The Balaban J connectivity index is 1.77. The normalized spacial score (nSPS) is 12.1. The molecule has 2 N–H and O–H groups in total. The number of aromatic nitrogens is 3. The zero-order valence-electron chi connectivity index (χ0n) is 18.5. The Hall–Kier alpha value is -4.24. The highest BCUT2D eigenvalue weighted by Gasteiger charge is 2.30. The number of methoxy groups -OCH3 is 1. The van der Waals surface area contributed by atoms with E-state index >= 15 is 0 Å². The lowest BCUT2D eigenvalue weighted by molar-refractivity contribution is 0.414. The lowest BCUT2D eigenvalue weighted by Crippen LogP contribution is -2.06. The first-order valence-electron chi connectivity index (χ1n) is 10.5. The van der Waals surface area contributed by atoms with E-state index in [1.807, 2.05) is 43.3 Å². The van der Waals surface area contributed by atoms with E-state index in [0.29, 0.717) is 16.8 Å². The van der Waals surface area contributed by atoms with Gasteiger partial charge < -0.3 is 10.5 Å². The SMILES string of the molecule is COc1ccc(S(=O)(=O)c2c(N)n(N=Cc3cccc(C)c3)c3nc4ccccc4nc23)cc1. The molecule has 2 aromatic heterocycles. The minimum Gasteiger partial charge on any atom is -0.497 e. The van der Waals surface area contributed by atoms with Gasteiger partial charge >= 0.3 is 0 Å². The maximum Gasteiger partial charge on any atom is 0.212 e. The van der Waals surface area contributed by atoms with Crippen molar-refractivity contribution in [3.05, 3.63) is 83.9 Å². The molecule has 5 aromatic rings. The summed E-state index contributed by atoms with van der Waals surface area (Å²) in [5.74, 6) is 0.480. The van der Waals surface area contributed by atoms with Crippen LogP contribution in [-0.4, -0.2) is 36.4 Å². The molecule has 0 unspecified atom stereocenters. The van der Waals surface area contributed by atoms with Crippen LogP contribution in [0.2, 0.25) is 0 Å². The van der Waals surface area contributed by atoms with Crippen molar-refractivity contribution >= 4 is 44.1 Å². The second kappa shape index (κ2) is 8.27. The molecule has 0 aliphatic heterocycles. The second-order valence-electron chi connectivity index (χ2n) is 7.75. The average Bonchev–Trinajstić information content (AvgIpc) is 3.12. The number of fused-ring (bicyclic) bond motifs is 2. The Morgan fingerprint density at radius 2 is 1.68 bits per heavy atom. The molecule has 0 radical (unpaired) electrons. The number of hydrogen-bond acceptors (Lipinski definition) is 7. The van der Waals surface area contributed by atoms with Crippen LogP contribution in [0.3, 0.4) is 0 Å². The first-order valence-corrected chi connectivity index (χ1v) is 11.9. The highest BCUT2D eigenvalue weighted by Crippen LogP contribution is 2.35. The van der Waals surface area contributed by atoms with Crippen LogP contribution in [0.5, 0.6) is 5.75 Å². The third-order valence-electron chi connectivity index (χ3n) is 5.43. The van der Waals surface area contributed by atoms with Gasteiger partial charge in [-0.05, 0) is 48.9 Å². The molecule has 3 aromatic carbocycles. The molecule has 9 heteroatoms. The third kappa shape index (κ3) is 3.65. The summed E-state index contributed by atoms with van der Waals surface area (Å²) in [6.45, 7) is 1.98. The van der Waals surface area contributed by atoms with E-state index in [9.17, 15) is 8.42 Å². The number of aryl methyl sites for hydroxylation is 1. The van der Waals surface area contributed by atoms with Gasteiger partial charge in [-0.2, -0.15) is 9.78 Å². The molecule has 0 saturated heterocycles. The summed E-state index contributed by atoms with van der Waals surface area (Å²) in [6.07, 6.45) is 1.61. The van der Waals surface area contributed by atoms with Crippen molar-refractivity contribution in [2.45, 2.75) is 16.7 Å². The van der Waals surface area contributed by atoms with Crippen LogP contribution in [0.1, 0.15) is 11.1 Å². The van der Waals surface area contributed by atoms with E-state index in [-0.39, 0.29) is 26.8 Å². The van der Waals surface area contributed by atoms with Crippen LogP contribution in [0.25, 0.3) is 22.2 Å². The van der Waals surface area contributed by atoms with Crippen molar-refractivity contribution in [2.75, 3.05) is 12.8 Å². The van der Waals surface area contributed by atoms with Gasteiger partial charge in [0, 0.05) is 0 Å². The standard InChI is InChI=1S/C25H21N5O3S/c1-16-6-5-7-17(14-16)15-27-30-24(26)23(34(31,32)19-12-10-18(33-2)11-13-19)22-25(30)29-21-9-4-3-8-20(21)28-22/h3-15H,26H2,1-2H3. The van der Waals surface area contributed by atoms with Gasteiger partial charge in [-0.1, -0.05) is 42.0 Å². The zero-order valence-corrected chi connectivity index (χ0v) is 19.3. The van der Waals surface area contributed by atoms with Crippen LogP contribution < -0.4 is 10.5 Å². The molecule has 0 bridgehead atoms. The number of nitrogen functional groups attached to an aromatic ring is 1. The van der Waals surface area contributed by atoms with E-state index in [1.165, 1.54) is 23.9 Å². The topological polar surface area (TPSA) is 112 Å². The molecule has 0 amide bonds. The zero-order chi connectivity index (χ0) is 23.9. The summed E-state index contributed by atoms with van der Waals surface area (Å²) in [5, 5.41) is 4.49. The predicted octanol–water partition coefficient (Wildman–Crippen LogP) is 4.20. The number of para-hydroxylation sites is 2. The number of anilines is 1. The first-order chi connectivity index (χ1) is 16.4. The lowest BCUT2D eigenvalue weighted by Gasteiger charge is -2.06. The summed E-state index contributed by atoms with van der Waals surface area (Å²) in [5.41, 5.74) is 9.91. The molecule has 0 fully saturated rings. The first kappa shape index (κ1) is 21.6. The molecule has 34 heavy (non-hydrogen) atoms. The van der Waals surface area contributed by atoms with Crippen molar-refractivity contribution in [3.8, 4) is 5.75 Å². The maximum absolute atomic E-state index is 13.7. The highest BCUT2D eigenvalue weighted by atomic mass is 32.2. The number of nitrogens with two attached hydrogens (primary N) is 1. The Labute approximate surface area is 196 Å². The smallest absolute Gasteiger partial charge is 0.212 e. The summed E-state index contributed by atoms with van der Waals surface area (Å²) in [6, 6.07) is 21.1. The molecule has 8 nitrogen and oxygen atoms in total. The minimum atomic E-state index is -4.04. The minimum absolute atomic E-state index is 0.0648. The highest BCUT2D eigenvalue weighted by molar-refractivity contribution is 7.92. The van der Waals surface area contributed by atoms with Crippen molar-refractivity contribution in [1.29, 1.82) is 0 Å². The number of sulfone groups is 1. The monoisotopic (exact) mass is 471 g/mol. The molecule has 0 atom stereocenters. The van der Waals surface area contributed by atoms with Crippen molar-refractivity contribution in [3.63, 3.8) is 0 Å². The molecule has 2 heterocycles. The number of ether oxygens (including phenoxy) is 1. The van der Waals surface area contributed by atoms with Gasteiger partial charge in [-0.25, -0.2) is 18.4 Å². The van der Waals surface area contributed by atoms with Crippen LogP contribution in [0.4, 0.5) is 5.82 Å². The Morgan fingerprint density at radius 3 is 2.35 bits per heavy atom. The van der Waals surface area contributed by atoms with Crippen LogP contribution in [-0.2, 0) is 9.84 Å². The number of hydrogen-bond donors (Lipinski definition) is 1. The fraction of sp³-hybridized carbons (Fsp3) is 0.0800. The van der Waals surface area contributed by atoms with Gasteiger partial charge in [-0.15, -0.1) is 0 Å². The largest absolute Gasteiger partial charge is 0.497 e. The van der Waals surface area contributed by atoms with Crippen LogP contribution >= 0.6 is 0 Å².